The highest BCUT2D eigenvalue weighted by molar-refractivity contribution is 5.95. The number of anilines is 1. The second-order valence-corrected chi connectivity index (χ2v) is 7.67. The second kappa shape index (κ2) is 9.01. The van der Waals surface area contributed by atoms with Gasteiger partial charge in [0, 0.05) is 11.3 Å². The first-order chi connectivity index (χ1) is 15.4. The molecule has 0 fully saturated rings. The van der Waals surface area contributed by atoms with Gasteiger partial charge in [-0.2, -0.15) is 0 Å². The van der Waals surface area contributed by atoms with Crippen LogP contribution in [-0.4, -0.2) is 21.4 Å². The lowest BCUT2D eigenvalue weighted by atomic mass is 10.1. The Morgan fingerprint density at radius 1 is 1.03 bits per heavy atom. The lowest BCUT2D eigenvalue weighted by Crippen LogP contribution is -2.30. The van der Waals surface area contributed by atoms with Crippen molar-refractivity contribution in [3.63, 3.8) is 0 Å². The fourth-order valence-electron chi connectivity index (χ4n) is 3.63. The highest BCUT2D eigenvalue weighted by Crippen LogP contribution is 2.22. The number of imidazole rings is 1. The van der Waals surface area contributed by atoms with Crippen LogP contribution in [0.5, 0.6) is 0 Å². The molecule has 162 valence electrons. The van der Waals surface area contributed by atoms with Gasteiger partial charge in [0.2, 0.25) is 5.91 Å². The maximum Gasteiger partial charge on any atom is 0.251 e. The molecule has 0 radical (unpaired) electrons. The zero-order chi connectivity index (χ0) is 22.7. The van der Waals surface area contributed by atoms with Crippen molar-refractivity contribution in [2.75, 3.05) is 5.32 Å². The molecule has 2 amide bonds. The third kappa shape index (κ3) is 4.67. The summed E-state index contributed by atoms with van der Waals surface area (Å²) < 4.78 is 15.2. The summed E-state index contributed by atoms with van der Waals surface area (Å²) in [5, 5.41) is 5.68. The molecule has 7 heteroatoms. The van der Waals surface area contributed by atoms with E-state index in [1.165, 1.54) is 18.2 Å². The van der Waals surface area contributed by atoms with Gasteiger partial charge in [-0.1, -0.05) is 35.9 Å². The minimum Gasteiger partial charge on any atom is -0.342 e. The van der Waals surface area contributed by atoms with E-state index in [1.807, 2.05) is 56.3 Å². The standard InChI is InChI=1S/C25H23FN4O2/c1-16-7-5-8-18(13-16)25(32)27-17(2)24-29-21-11-3-4-12-22(21)30(24)15-23(31)28-20-10-6-9-19(26)14-20/h3-14,17H,15H2,1-2H3,(H,27,32)(H,28,31). The van der Waals surface area contributed by atoms with Crippen molar-refractivity contribution in [3.05, 3.63) is 95.6 Å². The van der Waals surface area contributed by atoms with Crippen molar-refractivity contribution in [3.8, 4) is 0 Å². The number of carbonyl (C=O) groups is 2. The van der Waals surface area contributed by atoms with E-state index in [4.69, 9.17) is 0 Å². The van der Waals surface area contributed by atoms with Crippen LogP contribution in [0.15, 0.2) is 72.8 Å². The number of aromatic nitrogens is 2. The molecule has 6 nitrogen and oxygen atoms in total. The van der Waals surface area contributed by atoms with Gasteiger partial charge >= 0.3 is 0 Å². The Kier molecular flexibility index (Phi) is 5.98. The van der Waals surface area contributed by atoms with E-state index in [9.17, 15) is 14.0 Å². The van der Waals surface area contributed by atoms with E-state index in [-0.39, 0.29) is 18.4 Å². The smallest absolute Gasteiger partial charge is 0.251 e. The number of nitrogens with zero attached hydrogens (tertiary/aromatic N) is 2. The molecule has 2 N–H and O–H groups in total. The molecule has 1 unspecified atom stereocenters. The van der Waals surface area contributed by atoms with Crippen LogP contribution in [0.4, 0.5) is 10.1 Å². The number of para-hydroxylation sites is 2. The van der Waals surface area contributed by atoms with E-state index < -0.39 is 11.9 Å². The van der Waals surface area contributed by atoms with Gasteiger partial charge in [-0.15, -0.1) is 0 Å². The molecule has 0 saturated heterocycles. The van der Waals surface area contributed by atoms with Gasteiger partial charge in [-0.05, 0) is 56.3 Å². The first kappa shape index (κ1) is 21.2. The quantitative estimate of drug-likeness (QED) is 0.469. The maximum atomic E-state index is 13.5. The monoisotopic (exact) mass is 430 g/mol. The Labute approximate surface area is 185 Å². The van der Waals surface area contributed by atoms with Crippen LogP contribution in [-0.2, 0) is 11.3 Å². The average Bonchev–Trinajstić information content (AvgIpc) is 3.12. The number of carbonyl (C=O) groups excluding carboxylic acids is 2. The lowest BCUT2D eigenvalue weighted by molar-refractivity contribution is -0.116. The number of hydrogen-bond donors (Lipinski definition) is 2. The fourth-order valence-corrected chi connectivity index (χ4v) is 3.63. The van der Waals surface area contributed by atoms with E-state index in [0.717, 1.165) is 16.6 Å². The van der Waals surface area contributed by atoms with Crippen molar-refractivity contribution >= 4 is 28.5 Å². The average molecular weight is 430 g/mol. The van der Waals surface area contributed by atoms with Crippen LogP contribution in [0.25, 0.3) is 11.0 Å². The normalized spacial score (nSPS) is 11.8. The molecule has 4 rings (SSSR count). The van der Waals surface area contributed by atoms with Crippen molar-refractivity contribution in [2.45, 2.75) is 26.4 Å². The molecule has 1 aromatic heterocycles. The SMILES string of the molecule is Cc1cccc(C(=O)NC(C)c2nc3ccccc3n2CC(=O)Nc2cccc(F)c2)c1. The number of rotatable bonds is 6. The van der Waals surface area contributed by atoms with Crippen LogP contribution in [0, 0.1) is 12.7 Å². The van der Waals surface area contributed by atoms with Crippen LogP contribution in [0.3, 0.4) is 0 Å². The minimum atomic E-state index is -0.447. The summed E-state index contributed by atoms with van der Waals surface area (Å²) in [6.07, 6.45) is 0. The zero-order valence-corrected chi connectivity index (χ0v) is 17.8. The van der Waals surface area contributed by atoms with Crippen molar-refractivity contribution in [1.82, 2.24) is 14.9 Å². The summed E-state index contributed by atoms with van der Waals surface area (Å²) in [5.74, 6) is -0.410. The van der Waals surface area contributed by atoms with Crippen LogP contribution in [0.1, 0.15) is 34.7 Å². The molecule has 1 heterocycles. The molecule has 0 aliphatic carbocycles. The molecule has 0 saturated carbocycles. The maximum absolute atomic E-state index is 13.5. The number of nitrogens with one attached hydrogen (secondary N) is 2. The molecule has 0 aliphatic heterocycles. The topological polar surface area (TPSA) is 76.0 Å². The summed E-state index contributed by atoms with van der Waals surface area (Å²) in [5.41, 5.74) is 3.42. The van der Waals surface area contributed by atoms with Gasteiger partial charge in [0.15, 0.2) is 0 Å². The predicted molar refractivity (Wildman–Crippen MR) is 122 cm³/mol. The number of hydrogen-bond acceptors (Lipinski definition) is 3. The Bertz CT molecular complexity index is 1300. The van der Waals surface area contributed by atoms with Crippen molar-refractivity contribution < 1.29 is 14.0 Å². The second-order valence-electron chi connectivity index (χ2n) is 7.67. The van der Waals surface area contributed by atoms with Gasteiger partial charge in [0.25, 0.3) is 5.91 Å². The molecule has 3 aromatic carbocycles. The van der Waals surface area contributed by atoms with Crippen LogP contribution in [0.2, 0.25) is 0 Å². The third-order valence-corrected chi connectivity index (χ3v) is 5.11. The molecule has 0 spiro atoms. The number of benzene rings is 3. The van der Waals surface area contributed by atoms with Gasteiger partial charge in [-0.3, -0.25) is 9.59 Å². The molecular formula is C25H23FN4O2. The Morgan fingerprint density at radius 3 is 2.59 bits per heavy atom. The van der Waals surface area contributed by atoms with Gasteiger partial charge in [0.05, 0.1) is 17.1 Å². The summed E-state index contributed by atoms with van der Waals surface area (Å²) >= 11 is 0. The zero-order valence-electron chi connectivity index (χ0n) is 17.8. The minimum absolute atomic E-state index is 0.0307. The number of fused-ring (bicyclic) bond motifs is 1. The first-order valence-corrected chi connectivity index (χ1v) is 10.3. The van der Waals surface area contributed by atoms with E-state index >= 15 is 0 Å². The molecule has 4 aromatic rings. The van der Waals surface area contributed by atoms with Crippen LogP contribution < -0.4 is 10.6 Å². The predicted octanol–water partition coefficient (Wildman–Crippen LogP) is 4.61. The van der Waals surface area contributed by atoms with Crippen LogP contribution >= 0.6 is 0 Å². The highest BCUT2D eigenvalue weighted by atomic mass is 19.1. The molecule has 32 heavy (non-hydrogen) atoms. The Morgan fingerprint density at radius 2 is 1.81 bits per heavy atom. The Hall–Kier alpha value is -4.00. The molecule has 0 aliphatic rings. The number of aryl methyl sites for hydroxylation is 1. The molecule has 0 bridgehead atoms. The summed E-state index contributed by atoms with van der Waals surface area (Å²) in [4.78, 5) is 30.1. The van der Waals surface area contributed by atoms with Gasteiger partial charge < -0.3 is 15.2 Å². The highest BCUT2D eigenvalue weighted by Gasteiger charge is 2.20. The fraction of sp³-hybridized carbons (Fsp3) is 0.160. The number of amides is 2. The summed E-state index contributed by atoms with van der Waals surface area (Å²) in [6.45, 7) is 3.73. The summed E-state index contributed by atoms with van der Waals surface area (Å²) in [7, 11) is 0. The van der Waals surface area contributed by atoms with E-state index in [1.54, 1.807) is 16.7 Å². The summed E-state index contributed by atoms with van der Waals surface area (Å²) in [6, 6.07) is 20.1. The molecular weight excluding hydrogens is 407 g/mol. The van der Waals surface area contributed by atoms with Crippen molar-refractivity contribution in [1.29, 1.82) is 0 Å². The van der Waals surface area contributed by atoms with E-state index in [0.29, 0.717) is 17.1 Å². The van der Waals surface area contributed by atoms with Gasteiger partial charge in [-0.25, -0.2) is 9.37 Å². The van der Waals surface area contributed by atoms with Crippen molar-refractivity contribution in [2.24, 2.45) is 0 Å². The lowest BCUT2D eigenvalue weighted by Gasteiger charge is -2.16. The Balaban J connectivity index is 1.59. The third-order valence-electron chi connectivity index (χ3n) is 5.11. The van der Waals surface area contributed by atoms with Gasteiger partial charge in [0.1, 0.15) is 18.2 Å². The number of halogens is 1. The largest absolute Gasteiger partial charge is 0.342 e. The first-order valence-electron chi connectivity index (χ1n) is 10.3. The molecule has 1 atom stereocenters. The van der Waals surface area contributed by atoms with E-state index in [2.05, 4.69) is 15.6 Å².